The molecule has 0 atom stereocenters. The lowest BCUT2D eigenvalue weighted by atomic mass is 10.2. The van der Waals surface area contributed by atoms with Crippen molar-refractivity contribution in [2.45, 2.75) is 11.8 Å². The highest BCUT2D eigenvalue weighted by molar-refractivity contribution is 9.10. The van der Waals surface area contributed by atoms with Gasteiger partial charge in [0.2, 0.25) is 0 Å². The van der Waals surface area contributed by atoms with Gasteiger partial charge in [0.15, 0.2) is 0 Å². The third-order valence-corrected chi connectivity index (χ3v) is 4.68. The maximum atomic E-state index is 12.4. The minimum atomic E-state index is -3.70. The predicted molar refractivity (Wildman–Crippen MR) is 83.9 cm³/mol. The van der Waals surface area contributed by atoms with Crippen molar-refractivity contribution in [1.82, 2.24) is 0 Å². The van der Waals surface area contributed by atoms with Crippen LogP contribution in [0.2, 0.25) is 0 Å². The molecule has 0 aliphatic carbocycles. The molecule has 5 nitrogen and oxygen atoms in total. The van der Waals surface area contributed by atoms with Crippen molar-refractivity contribution in [3.63, 3.8) is 0 Å². The normalized spacial score (nSPS) is 11.2. The monoisotopic (exact) mass is 355 g/mol. The second-order valence-corrected chi connectivity index (χ2v) is 6.77. The van der Waals surface area contributed by atoms with E-state index in [0.717, 1.165) is 10.0 Å². The Labute approximate surface area is 126 Å². The lowest BCUT2D eigenvalue weighted by molar-refractivity contribution is 0.601. The number of hydrogen-bond donors (Lipinski definition) is 3. The molecule has 2 aromatic carbocycles. The number of nitrogens with one attached hydrogen (secondary N) is 2. The molecule has 4 N–H and O–H groups in total. The van der Waals surface area contributed by atoms with Crippen LogP contribution < -0.4 is 16.0 Å². The SMILES string of the molecule is Cc1cc(Br)ccc1NS(=O)(=O)c1ccccc1NN. The summed E-state index contributed by atoms with van der Waals surface area (Å²) in [6.45, 7) is 1.83. The molecule has 2 aromatic rings. The number of para-hydroxylation sites is 1. The number of hydrazine groups is 1. The molecule has 0 aromatic heterocycles. The average molecular weight is 356 g/mol. The number of nitrogens with two attached hydrogens (primary N) is 1. The van der Waals surface area contributed by atoms with Crippen LogP contribution in [0.15, 0.2) is 51.8 Å². The smallest absolute Gasteiger partial charge is 0.264 e. The van der Waals surface area contributed by atoms with Gasteiger partial charge in [0.25, 0.3) is 10.0 Å². The van der Waals surface area contributed by atoms with Crippen LogP contribution in [-0.4, -0.2) is 8.42 Å². The number of hydrogen-bond acceptors (Lipinski definition) is 4. The maximum Gasteiger partial charge on any atom is 0.264 e. The van der Waals surface area contributed by atoms with E-state index in [1.165, 1.54) is 6.07 Å². The fourth-order valence-corrected chi connectivity index (χ4v) is 3.54. The van der Waals surface area contributed by atoms with Crippen molar-refractivity contribution < 1.29 is 8.42 Å². The van der Waals surface area contributed by atoms with Gasteiger partial charge in [-0.3, -0.25) is 10.6 Å². The van der Waals surface area contributed by atoms with Crippen LogP contribution in [0, 0.1) is 6.92 Å². The van der Waals surface area contributed by atoms with Gasteiger partial charge in [-0.2, -0.15) is 0 Å². The molecule has 0 aliphatic rings. The first kappa shape index (κ1) is 14.8. The zero-order valence-electron chi connectivity index (χ0n) is 10.7. The minimum absolute atomic E-state index is 0.102. The van der Waals surface area contributed by atoms with E-state index in [1.807, 2.05) is 13.0 Å². The van der Waals surface area contributed by atoms with Gasteiger partial charge < -0.3 is 5.43 Å². The second kappa shape index (κ2) is 5.82. The molecule has 0 saturated carbocycles. The first-order valence-electron chi connectivity index (χ1n) is 5.78. The first-order valence-corrected chi connectivity index (χ1v) is 8.06. The van der Waals surface area contributed by atoms with E-state index in [2.05, 4.69) is 26.1 Å². The zero-order valence-corrected chi connectivity index (χ0v) is 13.1. The Bertz CT molecular complexity index is 732. The summed E-state index contributed by atoms with van der Waals surface area (Å²) in [5.41, 5.74) is 4.08. The topological polar surface area (TPSA) is 84.2 Å². The molecule has 0 bridgehead atoms. The highest BCUT2D eigenvalue weighted by Crippen LogP contribution is 2.26. The van der Waals surface area contributed by atoms with Crippen LogP contribution in [0.5, 0.6) is 0 Å². The number of nitrogen functional groups attached to an aromatic ring is 1. The fraction of sp³-hybridized carbons (Fsp3) is 0.0769. The molecule has 0 heterocycles. The zero-order chi connectivity index (χ0) is 14.8. The number of sulfonamides is 1. The largest absolute Gasteiger partial charge is 0.323 e. The molecule has 0 unspecified atom stereocenters. The number of rotatable bonds is 4. The van der Waals surface area contributed by atoms with E-state index >= 15 is 0 Å². The predicted octanol–water partition coefficient (Wildman–Crippen LogP) is 2.84. The third kappa shape index (κ3) is 3.12. The van der Waals surface area contributed by atoms with Crippen molar-refractivity contribution in [1.29, 1.82) is 0 Å². The Morgan fingerprint density at radius 2 is 1.80 bits per heavy atom. The lowest BCUT2D eigenvalue weighted by Gasteiger charge is -2.13. The van der Waals surface area contributed by atoms with Gasteiger partial charge in [-0.25, -0.2) is 8.42 Å². The van der Waals surface area contributed by atoms with Crippen LogP contribution in [0.25, 0.3) is 0 Å². The molecular weight excluding hydrogens is 342 g/mol. The van der Waals surface area contributed by atoms with Gasteiger partial charge in [-0.1, -0.05) is 28.1 Å². The summed E-state index contributed by atoms with van der Waals surface area (Å²) in [5, 5.41) is 0. The molecule has 0 saturated heterocycles. The van der Waals surface area contributed by atoms with Gasteiger partial charge in [0.1, 0.15) is 4.90 Å². The van der Waals surface area contributed by atoms with Crippen molar-refractivity contribution in [2.24, 2.45) is 5.84 Å². The Morgan fingerprint density at radius 1 is 1.10 bits per heavy atom. The molecule has 7 heteroatoms. The maximum absolute atomic E-state index is 12.4. The van der Waals surface area contributed by atoms with E-state index < -0.39 is 10.0 Å². The van der Waals surface area contributed by atoms with Gasteiger partial charge in [-0.05, 0) is 42.8 Å². The van der Waals surface area contributed by atoms with Crippen molar-refractivity contribution in [2.75, 3.05) is 10.1 Å². The summed E-state index contributed by atoms with van der Waals surface area (Å²) in [5.74, 6) is 5.34. The Balaban J connectivity index is 2.41. The van der Waals surface area contributed by atoms with E-state index in [0.29, 0.717) is 11.4 Å². The number of aryl methyl sites for hydroxylation is 1. The average Bonchev–Trinajstić information content (AvgIpc) is 2.42. The molecule has 0 fully saturated rings. The quantitative estimate of drug-likeness (QED) is 0.581. The van der Waals surface area contributed by atoms with Crippen LogP contribution in [0.1, 0.15) is 5.56 Å². The summed E-state index contributed by atoms with van der Waals surface area (Å²) in [6.07, 6.45) is 0. The van der Waals surface area contributed by atoms with E-state index in [-0.39, 0.29) is 4.90 Å². The van der Waals surface area contributed by atoms with Gasteiger partial charge in [-0.15, -0.1) is 0 Å². The van der Waals surface area contributed by atoms with Crippen LogP contribution in [-0.2, 0) is 10.0 Å². The van der Waals surface area contributed by atoms with Crippen molar-refractivity contribution in [3.8, 4) is 0 Å². The summed E-state index contributed by atoms with van der Waals surface area (Å²) >= 11 is 3.34. The number of benzene rings is 2. The summed E-state index contributed by atoms with van der Waals surface area (Å²) in [7, 11) is -3.70. The van der Waals surface area contributed by atoms with Gasteiger partial charge >= 0.3 is 0 Å². The standard InChI is InChI=1S/C13H14BrN3O2S/c1-9-8-10(14)6-7-11(9)17-20(18,19)13-5-3-2-4-12(13)16-15/h2-8,16-17H,15H2,1H3. The van der Waals surface area contributed by atoms with Crippen LogP contribution in [0.4, 0.5) is 11.4 Å². The fourth-order valence-electron chi connectivity index (χ4n) is 1.76. The lowest BCUT2D eigenvalue weighted by Crippen LogP contribution is -2.17. The molecule has 0 spiro atoms. The van der Waals surface area contributed by atoms with E-state index in [1.54, 1.807) is 30.3 Å². The highest BCUT2D eigenvalue weighted by atomic mass is 79.9. The van der Waals surface area contributed by atoms with Crippen molar-refractivity contribution in [3.05, 3.63) is 52.5 Å². The number of anilines is 2. The molecule has 106 valence electrons. The molecule has 2 rings (SSSR count). The summed E-state index contributed by atoms with van der Waals surface area (Å²) in [6, 6.07) is 11.8. The van der Waals surface area contributed by atoms with E-state index in [9.17, 15) is 8.42 Å². The third-order valence-electron chi connectivity index (χ3n) is 2.76. The van der Waals surface area contributed by atoms with Crippen LogP contribution in [0.3, 0.4) is 0 Å². The molecule has 20 heavy (non-hydrogen) atoms. The summed E-state index contributed by atoms with van der Waals surface area (Å²) in [4.78, 5) is 0.102. The van der Waals surface area contributed by atoms with E-state index in [4.69, 9.17) is 5.84 Å². The Kier molecular flexibility index (Phi) is 4.32. The second-order valence-electron chi connectivity index (χ2n) is 4.21. The summed E-state index contributed by atoms with van der Waals surface area (Å²) < 4.78 is 28.3. The first-order chi connectivity index (χ1) is 9.44. The Hall–Kier alpha value is -1.57. The van der Waals surface area contributed by atoms with Crippen LogP contribution >= 0.6 is 15.9 Å². The molecule has 0 amide bonds. The highest BCUT2D eigenvalue weighted by Gasteiger charge is 2.18. The van der Waals surface area contributed by atoms with Gasteiger partial charge in [0.05, 0.1) is 11.4 Å². The molecule has 0 radical (unpaired) electrons. The minimum Gasteiger partial charge on any atom is -0.323 e. The number of halogens is 1. The van der Waals surface area contributed by atoms with Crippen molar-refractivity contribution >= 4 is 37.3 Å². The van der Waals surface area contributed by atoms with Gasteiger partial charge in [0, 0.05) is 4.47 Å². The Morgan fingerprint density at radius 3 is 2.45 bits per heavy atom. The molecule has 0 aliphatic heterocycles. The molecular formula is C13H14BrN3O2S.